The number of thioether (sulfide) groups is 1. The molecule has 2 aromatic rings. The lowest BCUT2D eigenvalue weighted by Gasteiger charge is -2.08. The first-order valence-electron chi connectivity index (χ1n) is 7.34. The molecule has 0 heterocycles. The number of rotatable bonds is 6. The van der Waals surface area contributed by atoms with E-state index in [0.29, 0.717) is 10.1 Å². The molecule has 0 spiro atoms. The van der Waals surface area contributed by atoms with Gasteiger partial charge in [0.05, 0.1) is 10.6 Å². The van der Waals surface area contributed by atoms with Crippen molar-refractivity contribution in [2.75, 3.05) is 6.26 Å². The molecule has 0 fully saturated rings. The van der Waals surface area contributed by atoms with Gasteiger partial charge in [-0.25, -0.2) is 0 Å². The predicted molar refractivity (Wildman–Crippen MR) is 105 cm³/mol. The zero-order valence-corrected chi connectivity index (χ0v) is 15.4. The summed E-state index contributed by atoms with van der Waals surface area (Å²) in [5.41, 5.74) is 5.35. The Balaban J connectivity index is 1.97. The normalized spacial score (nSPS) is 11.0. The fourth-order valence-electron chi connectivity index (χ4n) is 1.96. The highest BCUT2D eigenvalue weighted by Gasteiger charge is 2.06. The van der Waals surface area contributed by atoms with Gasteiger partial charge in [-0.15, -0.1) is 0 Å². The summed E-state index contributed by atoms with van der Waals surface area (Å²) in [5, 5.41) is 15.0. The largest absolute Gasteiger partial charge is 0.489 e. The standard InChI is InChI=1S/C17H17N3O3S2/c1-12(18-19-17(24)25-2)14-6-8-16(9-7-14)23-11-13-4-3-5-15(10-13)20(21)22/h3-10H,11H2,1-2H3,(H,19,24)/b18-12+. The van der Waals surface area contributed by atoms with Gasteiger partial charge in [0.1, 0.15) is 12.4 Å². The van der Waals surface area contributed by atoms with Gasteiger partial charge in [0, 0.05) is 12.1 Å². The summed E-state index contributed by atoms with van der Waals surface area (Å²) in [6.07, 6.45) is 1.88. The maximum absolute atomic E-state index is 10.8. The molecule has 0 saturated carbocycles. The molecule has 0 aliphatic rings. The zero-order valence-electron chi connectivity index (χ0n) is 13.8. The maximum Gasteiger partial charge on any atom is 0.269 e. The van der Waals surface area contributed by atoms with Crippen LogP contribution in [-0.4, -0.2) is 21.2 Å². The van der Waals surface area contributed by atoms with E-state index in [9.17, 15) is 10.1 Å². The molecule has 8 heteroatoms. The van der Waals surface area contributed by atoms with Gasteiger partial charge in [-0.05, 0) is 48.6 Å². The van der Waals surface area contributed by atoms with E-state index in [2.05, 4.69) is 10.5 Å². The Bertz CT molecular complexity index is 792. The molecule has 25 heavy (non-hydrogen) atoms. The van der Waals surface area contributed by atoms with Crippen LogP contribution in [0.3, 0.4) is 0 Å². The van der Waals surface area contributed by atoms with Gasteiger partial charge in [-0.3, -0.25) is 15.5 Å². The van der Waals surface area contributed by atoms with Crippen LogP contribution in [0.1, 0.15) is 18.1 Å². The van der Waals surface area contributed by atoms with Crippen molar-refractivity contribution >= 4 is 39.7 Å². The summed E-state index contributed by atoms with van der Waals surface area (Å²) in [4.78, 5) is 10.4. The third-order valence-corrected chi connectivity index (χ3v) is 4.35. The Labute approximate surface area is 155 Å². The molecule has 2 aromatic carbocycles. The van der Waals surface area contributed by atoms with Gasteiger partial charge in [-0.1, -0.05) is 36.1 Å². The number of hydrazone groups is 1. The van der Waals surface area contributed by atoms with Crippen molar-refractivity contribution in [1.82, 2.24) is 5.43 Å². The second kappa shape index (κ2) is 9.14. The first kappa shape index (κ1) is 18.9. The van der Waals surface area contributed by atoms with Gasteiger partial charge < -0.3 is 4.74 Å². The Morgan fingerprint density at radius 1 is 1.32 bits per heavy atom. The number of nitrogens with zero attached hydrogens (tertiary/aromatic N) is 2. The number of nitro groups is 1. The van der Waals surface area contributed by atoms with Crippen LogP contribution < -0.4 is 10.2 Å². The summed E-state index contributed by atoms with van der Waals surface area (Å²) in [7, 11) is 0. The first-order valence-corrected chi connectivity index (χ1v) is 8.97. The number of thiocarbonyl (C=S) groups is 1. The number of ether oxygens (including phenoxy) is 1. The smallest absolute Gasteiger partial charge is 0.269 e. The van der Waals surface area contributed by atoms with E-state index in [1.54, 1.807) is 12.1 Å². The molecule has 2 rings (SSSR count). The number of benzene rings is 2. The molecule has 6 nitrogen and oxygen atoms in total. The maximum atomic E-state index is 10.8. The molecular weight excluding hydrogens is 358 g/mol. The van der Waals surface area contributed by atoms with Crippen molar-refractivity contribution < 1.29 is 9.66 Å². The molecular formula is C17H17N3O3S2. The first-order chi connectivity index (χ1) is 12.0. The minimum atomic E-state index is -0.419. The SMILES string of the molecule is CSC(=S)N/N=C(\C)c1ccc(OCc2cccc([N+](=O)[O-])c2)cc1. The molecule has 0 atom stereocenters. The van der Waals surface area contributed by atoms with Crippen molar-refractivity contribution in [1.29, 1.82) is 0 Å². The van der Waals surface area contributed by atoms with Crippen LogP contribution in [0, 0.1) is 10.1 Å². The third kappa shape index (κ3) is 5.84. The van der Waals surface area contributed by atoms with Crippen molar-refractivity contribution in [3.8, 4) is 5.75 Å². The average molecular weight is 375 g/mol. The number of hydrogen-bond acceptors (Lipinski definition) is 6. The van der Waals surface area contributed by atoms with Gasteiger partial charge in [0.25, 0.3) is 5.69 Å². The lowest BCUT2D eigenvalue weighted by Crippen LogP contribution is -2.13. The highest BCUT2D eigenvalue weighted by atomic mass is 32.2. The number of hydrogen-bond donors (Lipinski definition) is 1. The van der Waals surface area contributed by atoms with Crippen LogP contribution >= 0.6 is 24.0 Å². The Morgan fingerprint density at radius 2 is 2.04 bits per heavy atom. The summed E-state index contributed by atoms with van der Waals surface area (Å²) < 4.78 is 6.28. The zero-order chi connectivity index (χ0) is 18.2. The van der Waals surface area contributed by atoms with Crippen molar-refractivity contribution in [3.63, 3.8) is 0 Å². The van der Waals surface area contributed by atoms with Crippen LogP contribution in [0.5, 0.6) is 5.75 Å². The van der Waals surface area contributed by atoms with Crippen LogP contribution in [-0.2, 0) is 6.61 Å². The fraction of sp³-hybridized carbons (Fsp3) is 0.176. The minimum absolute atomic E-state index is 0.0546. The van der Waals surface area contributed by atoms with E-state index in [4.69, 9.17) is 17.0 Å². The summed E-state index contributed by atoms with van der Waals surface area (Å²) in [6, 6.07) is 13.8. The number of nitrogens with one attached hydrogen (secondary N) is 1. The van der Waals surface area contributed by atoms with Crippen molar-refractivity contribution in [3.05, 3.63) is 69.8 Å². The lowest BCUT2D eigenvalue weighted by molar-refractivity contribution is -0.384. The summed E-state index contributed by atoms with van der Waals surface area (Å²) in [5.74, 6) is 0.677. The van der Waals surface area contributed by atoms with E-state index < -0.39 is 4.92 Å². The van der Waals surface area contributed by atoms with Crippen LogP contribution in [0.2, 0.25) is 0 Å². The van der Waals surface area contributed by atoms with Crippen LogP contribution in [0.25, 0.3) is 0 Å². The van der Waals surface area contributed by atoms with E-state index in [1.165, 1.54) is 23.9 Å². The topological polar surface area (TPSA) is 76.8 Å². The molecule has 0 bridgehead atoms. The molecule has 0 amide bonds. The van der Waals surface area contributed by atoms with Gasteiger partial charge in [-0.2, -0.15) is 5.10 Å². The Hall–Kier alpha value is -2.45. The monoisotopic (exact) mass is 375 g/mol. The molecule has 1 N–H and O–H groups in total. The van der Waals surface area contributed by atoms with E-state index in [1.807, 2.05) is 37.4 Å². The van der Waals surface area contributed by atoms with E-state index >= 15 is 0 Å². The van der Waals surface area contributed by atoms with Gasteiger partial charge in [0.2, 0.25) is 0 Å². The highest BCUT2D eigenvalue weighted by Crippen LogP contribution is 2.17. The van der Waals surface area contributed by atoms with Gasteiger partial charge >= 0.3 is 0 Å². The van der Waals surface area contributed by atoms with Crippen molar-refractivity contribution in [2.45, 2.75) is 13.5 Å². The van der Waals surface area contributed by atoms with E-state index in [0.717, 1.165) is 16.8 Å². The lowest BCUT2D eigenvalue weighted by atomic mass is 10.1. The quantitative estimate of drug-likeness (QED) is 0.354. The van der Waals surface area contributed by atoms with Crippen LogP contribution in [0.15, 0.2) is 53.6 Å². The van der Waals surface area contributed by atoms with E-state index in [-0.39, 0.29) is 12.3 Å². The fourth-order valence-corrected chi connectivity index (χ4v) is 2.14. The third-order valence-electron chi connectivity index (χ3n) is 3.30. The van der Waals surface area contributed by atoms with Gasteiger partial charge in [0.15, 0.2) is 4.32 Å². The average Bonchev–Trinajstić information content (AvgIpc) is 2.64. The molecule has 0 saturated heterocycles. The predicted octanol–water partition coefficient (Wildman–Crippen LogP) is 4.14. The molecule has 0 aliphatic heterocycles. The second-order valence-electron chi connectivity index (χ2n) is 5.04. The minimum Gasteiger partial charge on any atom is -0.489 e. The molecule has 130 valence electrons. The molecule has 0 aliphatic carbocycles. The molecule has 0 unspecified atom stereocenters. The number of nitro benzene ring substituents is 1. The Kier molecular flexibility index (Phi) is 6.91. The van der Waals surface area contributed by atoms with Crippen molar-refractivity contribution in [2.24, 2.45) is 5.10 Å². The molecule has 0 radical (unpaired) electrons. The summed E-state index contributed by atoms with van der Waals surface area (Å²) in [6.45, 7) is 2.15. The molecule has 0 aromatic heterocycles. The van der Waals surface area contributed by atoms with Crippen LogP contribution in [0.4, 0.5) is 5.69 Å². The number of non-ortho nitro benzene ring substituents is 1. The Morgan fingerprint density at radius 3 is 2.68 bits per heavy atom. The second-order valence-corrected chi connectivity index (χ2v) is 6.52. The highest BCUT2D eigenvalue weighted by molar-refractivity contribution is 8.22. The summed E-state index contributed by atoms with van der Waals surface area (Å²) >= 11 is 6.46.